The Labute approximate surface area is 224 Å². The van der Waals surface area contributed by atoms with Gasteiger partial charge in [-0.15, -0.1) is 0 Å². The molecule has 39 heavy (non-hydrogen) atoms. The third-order valence-corrected chi connectivity index (χ3v) is 6.63. The molecule has 5 rings (SSSR count). The van der Waals surface area contributed by atoms with Crippen LogP contribution < -0.4 is 15.8 Å². The van der Waals surface area contributed by atoms with E-state index in [1.54, 1.807) is 48.0 Å². The molecule has 0 radical (unpaired) electrons. The van der Waals surface area contributed by atoms with Crippen molar-refractivity contribution in [3.05, 3.63) is 81.2 Å². The Morgan fingerprint density at radius 3 is 2.62 bits per heavy atom. The SMILES string of the molecule is CCOC(=O)c1cc2c(=O)n3cccc(C)c3nc2n(CC2CCCO2)c1=NC(=O)c1ccc(OCC)cc1. The van der Waals surface area contributed by atoms with E-state index in [1.165, 1.54) is 10.5 Å². The normalized spacial score (nSPS) is 15.7. The lowest BCUT2D eigenvalue weighted by molar-refractivity contribution is 0.0521. The lowest BCUT2D eigenvalue weighted by Crippen LogP contribution is -2.35. The van der Waals surface area contributed by atoms with Gasteiger partial charge in [0.05, 0.1) is 31.2 Å². The van der Waals surface area contributed by atoms with E-state index in [4.69, 9.17) is 19.2 Å². The fourth-order valence-corrected chi connectivity index (χ4v) is 4.75. The van der Waals surface area contributed by atoms with E-state index in [9.17, 15) is 14.4 Å². The molecule has 4 aromatic rings. The second-order valence-corrected chi connectivity index (χ2v) is 9.26. The highest BCUT2D eigenvalue weighted by atomic mass is 16.5. The highest BCUT2D eigenvalue weighted by molar-refractivity contribution is 5.97. The summed E-state index contributed by atoms with van der Waals surface area (Å²) >= 11 is 0. The van der Waals surface area contributed by atoms with Crippen molar-refractivity contribution in [1.82, 2.24) is 14.0 Å². The van der Waals surface area contributed by atoms with Gasteiger partial charge in [0.15, 0.2) is 5.49 Å². The van der Waals surface area contributed by atoms with Gasteiger partial charge in [-0.1, -0.05) is 6.07 Å². The van der Waals surface area contributed by atoms with Crippen LogP contribution in [0.4, 0.5) is 0 Å². The van der Waals surface area contributed by atoms with Gasteiger partial charge in [0.1, 0.15) is 22.6 Å². The third-order valence-electron chi connectivity index (χ3n) is 6.63. The van der Waals surface area contributed by atoms with Crippen LogP contribution in [0, 0.1) is 6.92 Å². The Balaban J connectivity index is 1.81. The molecule has 0 bridgehead atoms. The number of ether oxygens (including phenoxy) is 3. The van der Waals surface area contributed by atoms with Crippen molar-refractivity contribution in [2.24, 2.45) is 4.99 Å². The molecule has 0 aliphatic carbocycles. The van der Waals surface area contributed by atoms with Crippen LogP contribution in [0.2, 0.25) is 0 Å². The lowest BCUT2D eigenvalue weighted by atomic mass is 10.1. The molecule has 1 aliphatic heterocycles. The largest absolute Gasteiger partial charge is 0.494 e. The number of rotatable bonds is 7. The molecule has 1 aliphatic rings. The minimum atomic E-state index is -0.688. The van der Waals surface area contributed by atoms with E-state index in [0.29, 0.717) is 35.8 Å². The lowest BCUT2D eigenvalue weighted by Gasteiger charge is -2.18. The summed E-state index contributed by atoms with van der Waals surface area (Å²) in [7, 11) is 0. The van der Waals surface area contributed by atoms with E-state index >= 15 is 0 Å². The first kappa shape index (κ1) is 26.3. The Morgan fingerprint density at radius 1 is 1.13 bits per heavy atom. The summed E-state index contributed by atoms with van der Waals surface area (Å²) in [6, 6.07) is 11.7. The highest BCUT2D eigenvalue weighted by Gasteiger charge is 2.24. The third kappa shape index (κ3) is 5.20. The number of esters is 1. The summed E-state index contributed by atoms with van der Waals surface area (Å²) in [6.07, 6.45) is 3.12. The van der Waals surface area contributed by atoms with Crippen LogP contribution in [0.5, 0.6) is 5.75 Å². The number of carbonyl (C=O) groups is 2. The van der Waals surface area contributed by atoms with Gasteiger partial charge in [-0.05, 0) is 75.6 Å². The van der Waals surface area contributed by atoms with Gasteiger partial charge in [-0.2, -0.15) is 4.99 Å². The first-order chi connectivity index (χ1) is 18.9. The van der Waals surface area contributed by atoms with Crippen LogP contribution >= 0.6 is 0 Å². The molecule has 3 aromatic heterocycles. The number of hydrogen-bond donors (Lipinski definition) is 0. The second kappa shape index (κ2) is 11.2. The zero-order chi connectivity index (χ0) is 27.5. The van der Waals surface area contributed by atoms with Crippen LogP contribution in [0.15, 0.2) is 58.4 Å². The van der Waals surface area contributed by atoms with Crippen LogP contribution in [0.1, 0.15) is 53.0 Å². The molecule has 1 amide bonds. The number of aromatic nitrogens is 3. The average molecular weight is 531 g/mol. The molecule has 1 saturated heterocycles. The number of aryl methyl sites for hydroxylation is 1. The first-order valence-corrected chi connectivity index (χ1v) is 13.1. The standard InChI is InChI=1S/C29H30N4O6/c1-4-37-20-12-10-19(11-13-20)27(34)31-26-23(29(36)38-5-2)16-22-25(33(26)17-21-9-7-15-39-21)30-24-18(3)8-6-14-32(24)28(22)35/h6,8,10-14,16,21H,4-5,7,9,15,17H2,1-3H3. The Bertz CT molecular complexity index is 1680. The van der Waals surface area contributed by atoms with Gasteiger partial charge in [0.25, 0.3) is 11.5 Å². The Morgan fingerprint density at radius 2 is 1.92 bits per heavy atom. The van der Waals surface area contributed by atoms with Crippen LogP contribution in [-0.2, 0) is 16.0 Å². The number of nitrogens with zero attached hydrogens (tertiary/aromatic N) is 4. The number of hydrogen-bond acceptors (Lipinski definition) is 7. The number of pyridine rings is 2. The first-order valence-electron chi connectivity index (χ1n) is 13.1. The molecule has 4 heterocycles. The van der Waals surface area contributed by atoms with E-state index in [2.05, 4.69) is 4.99 Å². The quantitative estimate of drug-likeness (QED) is 0.266. The van der Waals surface area contributed by atoms with Crippen molar-refractivity contribution in [1.29, 1.82) is 0 Å². The molecule has 0 saturated carbocycles. The zero-order valence-corrected chi connectivity index (χ0v) is 22.2. The highest BCUT2D eigenvalue weighted by Crippen LogP contribution is 2.19. The van der Waals surface area contributed by atoms with Crippen LogP contribution in [-0.4, -0.2) is 51.8 Å². The van der Waals surface area contributed by atoms with Gasteiger partial charge in [-0.25, -0.2) is 9.78 Å². The predicted molar refractivity (Wildman–Crippen MR) is 144 cm³/mol. The summed E-state index contributed by atoms with van der Waals surface area (Å²) in [6.45, 7) is 6.91. The number of amides is 1. The number of carbonyl (C=O) groups excluding carboxylic acids is 2. The Kier molecular flexibility index (Phi) is 7.56. The summed E-state index contributed by atoms with van der Waals surface area (Å²) < 4.78 is 19.8. The molecular weight excluding hydrogens is 500 g/mol. The molecule has 0 N–H and O–H groups in total. The monoisotopic (exact) mass is 530 g/mol. The smallest absolute Gasteiger partial charge is 0.341 e. The van der Waals surface area contributed by atoms with Crippen molar-refractivity contribution in [2.45, 2.75) is 46.3 Å². The predicted octanol–water partition coefficient (Wildman–Crippen LogP) is 3.45. The zero-order valence-electron chi connectivity index (χ0n) is 22.2. The maximum Gasteiger partial charge on any atom is 0.341 e. The number of benzene rings is 1. The van der Waals surface area contributed by atoms with E-state index in [0.717, 1.165) is 18.4 Å². The van der Waals surface area contributed by atoms with Crippen molar-refractivity contribution in [3.8, 4) is 5.75 Å². The molecule has 1 aromatic carbocycles. The van der Waals surface area contributed by atoms with Crippen molar-refractivity contribution in [2.75, 3.05) is 19.8 Å². The topological polar surface area (TPSA) is 113 Å². The molecule has 1 fully saturated rings. The van der Waals surface area contributed by atoms with Gasteiger partial charge in [-0.3, -0.25) is 14.0 Å². The molecule has 1 unspecified atom stereocenters. The van der Waals surface area contributed by atoms with E-state index in [1.807, 2.05) is 19.9 Å². The van der Waals surface area contributed by atoms with Gasteiger partial charge in [0.2, 0.25) is 0 Å². The summed E-state index contributed by atoms with van der Waals surface area (Å²) in [5.41, 5.74) is 1.65. The summed E-state index contributed by atoms with van der Waals surface area (Å²) in [4.78, 5) is 49.4. The molecule has 202 valence electrons. The molecule has 10 heteroatoms. The Hall–Kier alpha value is -4.31. The molecule has 1 atom stereocenters. The summed E-state index contributed by atoms with van der Waals surface area (Å²) in [5.74, 6) is -0.613. The second-order valence-electron chi connectivity index (χ2n) is 9.26. The minimum Gasteiger partial charge on any atom is -0.494 e. The minimum absolute atomic E-state index is 0.00753. The average Bonchev–Trinajstić information content (AvgIpc) is 3.44. The summed E-state index contributed by atoms with van der Waals surface area (Å²) in [5, 5.41) is 0.214. The fourth-order valence-electron chi connectivity index (χ4n) is 4.75. The maximum atomic E-state index is 13.6. The van der Waals surface area contributed by atoms with Gasteiger partial charge >= 0.3 is 5.97 Å². The molecule has 0 spiro atoms. The van der Waals surface area contributed by atoms with E-state index in [-0.39, 0.29) is 41.3 Å². The molecule has 10 nitrogen and oxygen atoms in total. The maximum absolute atomic E-state index is 13.6. The number of fused-ring (bicyclic) bond motifs is 2. The van der Waals surface area contributed by atoms with Crippen molar-refractivity contribution < 1.29 is 23.8 Å². The fraction of sp³-hybridized carbons (Fsp3) is 0.345. The van der Waals surface area contributed by atoms with Crippen LogP contribution in [0.25, 0.3) is 16.7 Å². The van der Waals surface area contributed by atoms with Crippen molar-refractivity contribution >= 4 is 28.6 Å². The van der Waals surface area contributed by atoms with Gasteiger partial charge < -0.3 is 18.8 Å². The van der Waals surface area contributed by atoms with Gasteiger partial charge in [0, 0.05) is 18.4 Å². The van der Waals surface area contributed by atoms with E-state index < -0.39 is 11.9 Å². The van der Waals surface area contributed by atoms with Crippen molar-refractivity contribution in [3.63, 3.8) is 0 Å². The van der Waals surface area contributed by atoms with Crippen LogP contribution in [0.3, 0.4) is 0 Å². The molecular formula is C29H30N4O6.